The van der Waals surface area contributed by atoms with Crippen LogP contribution in [0, 0.1) is 5.92 Å². The van der Waals surface area contributed by atoms with Crippen molar-refractivity contribution in [3.05, 3.63) is 35.9 Å². The van der Waals surface area contributed by atoms with Gasteiger partial charge in [0.1, 0.15) is 0 Å². The van der Waals surface area contributed by atoms with Crippen molar-refractivity contribution in [2.24, 2.45) is 5.92 Å². The first-order chi connectivity index (χ1) is 6.29. The van der Waals surface area contributed by atoms with Gasteiger partial charge < -0.3 is 5.32 Å². The number of nitrogens with one attached hydrogen (secondary N) is 1. The van der Waals surface area contributed by atoms with Gasteiger partial charge in [-0.25, -0.2) is 0 Å². The summed E-state index contributed by atoms with van der Waals surface area (Å²) in [6, 6.07) is 10.9. The molecule has 1 aromatic rings. The fourth-order valence-electron chi connectivity index (χ4n) is 1.54. The van der Waals surface area contributed by atoms with E-state index in [9.17, 15) is 0 Å². The van der Waals surface area contributed by atoms with E-state index in [1.54, 1.807) is 0 Å². The van der Waals surface area contributed by atoms with Crippen LogP contribution < -0.4 is 5.32 Å². The van der Waals surface area contributed by atoms with Crippen LogP contribution in [0.15, 0.2) is 30.3 Å². The van der Waals surface area contributed by atoms with Crippen LogP contribution in [0.1, 0.15) is 12.5 Å². The molecule has 0 aromatic heterocycles. The van der Waals surface area contributed by atoms with Crippen LogP contribution in [0.5, 0.6) is 0 Å². The summed E-state index contributed by atoms with van der Waals surface area (Å²) in [5, 5.41) is 3.78. The highest BCUT2D eigenvalue weighted by Gasteiger charge is 2.44. The molecule has 3 atom stereocenters. The van der Waals surface area contributed by atoms with Crippen LogP contribution in [-0.4, -0.2) is 11.4 Å². The Kier molecular flexibility index (Phi) is 2.56. The molecule has 0 heterocycles. The van der Waals surface area contributed by atoms with Gasteiger partial charge in [0.15, 0.2) is 0 Å². The van der Waals surface area contributed by atoms with Crippen LogP contribution >= 0.6 is 11.6 Å². The molecule has 0 aliphatic heterocycles. The van der Waals surface area contributed by atoms with E-state index in [0.29, 0.717) is 17.3 Å². The third-order valence-corrected chi connectivity index (χ3v) is 3.32. The quantitative estimate of drug-likeness (QED) is 0.731. The Morgan fingerprint density at radius 1 is 1.31 bits per heavy atom. The minimum atomic E-state index is 0.337. The molecule has 13 heavy (non-hydrogen) atoms. The molecule has 1 aromatic carbocycles. The average molecular weight is 196 g/mol. The molecule has 3 unspecified atom stereocenters. The largest absolute Gasteiger partial charge is 0.308 e. The Bertz CT molecular complexity index is 265. The van der Waals surface area contributed by atoms with Gasteiger partial charge in [-0.2, -0.15) is 0 Å². The van der Waals surface area contributed by atoms with E-state index in [1.807, 2.05) is 6.07 Å². The SMILES string of the molecule is CC1C(Cl)C1NCc1ccccc1. The maximum Gasteiger partial charge on any atom is 0.0533 e. The van der Waals surface area contributed by atoms with Crippen molar-refractivity contribution in [2.45, 2.75) is 24.9 Å². The van der Waals surface area contributed by atoms with Gasteiger partial charge in [0, 0.05) is 12.6 Å². The molecule has 1 fully saturated rings. The summed E-state index contributed by atoms with van der Waals surface area (Å²) in [4.78, 5) is 0. The third-order valence-electron chi connectivity index (χ3n) is 2.66. The summed E-state index contributed by atoms with van der Waals surface area (Å²) in [5.41, 5.74) is 1.32. The first-order valence-electron chi connectivity index (χ1n) is 4.70. The fraction of sp³-hybridized carbons (Fsp3) is 0.455. The van der Waals surface area contributed by atoms with Crippen LogP contribution in [0.2, 0.25) is 0 Å². The summed E-state index contributed by atoms with van der Waals surface area (Å²) >= 11 is 6.01. The van der Waals surface area contributed by atoms with E-state index in [1.165, 1.54) is 5.56 Å². The van der Waals surface area contributed by atoms with E-state index >= 15 is 0 Å². The van der Waals surface area contributed by atoms with Gasteiger partial charge in [-0.15, -0.1) is 11.6 Å². The molecule has 0 bridgehead atoms. The normalized spacial score (nSPS) is 31.7. The summed E-state index contributed by atoms with van der Waals surface area (Å²) in [6.07, 6.45) is 0. The van der Waals surface area contributed by atoms with Crippen LogP contribution in [0.3, 0.4) is 0 Å². The Hall–Kier alpha value is -0.530. The van der Waals surface area contributed by atoms with Gasteiger partial charge in [-0.1, -0.05) is 37.3 Å². The smallest absolute Gasteiger partial charge is 0.0533 e. The predicted octanol–water partition coefficient (Wildman–Crippen LogP) is 2.40. The van der Waals surface area contributed by atoms with E-state index in [4.69, 9.17) is 11.6 Å². The van der Waals surface area contributed by atoms with Gasteiger partial charge in [-0.05, 0) is 11.5 Å². The average Bonchev–Trinajstić information content (AvgIpc) is 2.73. The molecule has 0 saturated heterocycles. The number of rotatable bonds is 3. The Balaban J connectivity index is 1.81. The Morgan fingerprint density at radius 3 is 2.46 bits per heavy atom. The number of benzene rings is 1. The van der Waals surface area contributed by atoms with Crippen LogP contribution in [0.25, 0.3) is 0 Å². The van der Waals surface area contributed by atoms with Gasteiger partial charge in [0.2, 0.25) is 0 Å². The predicted molar refractivity (Wildman–Crippen MR) is 55.9 cm³/mol. The maximum absolute atomic E-state index is 6.01. The fourth-order valence-corrected chi connectivity index (χ4v) is 1.94. The minimum absolute atomic E-state index is 0.337. The molecule has 0 spiro atoms. The van der Waals surface area contributed by atoms with Crippen molar-refractivity contribution in [1.82, 2.24) is 5.32 Å². The molecule has 2 heteroatoms. The molecule has 1 saturated carbocycles. The van der Waals surface area contributed by atoms with Crippen molar-refractivity contribution in [2.75, 3.05) is 0 Å². The lowest BCUT2D eigenvalue weighted by atomic mass is 10.2. The zero-order chi connectivity index (χ0) is 9.26. The summed E-state index contributed by atoms with van der Waals surface area (Å²) < 4.78 is 0. The molecule has 1 aliphatic rings. The second-order valence-corrected chi connectivity index (χ2v) is 4.20. The van der Waals surface area contributed by atoms with E-state index in [-0.39, 0.29) is 0 Å². The maximum atomic E-state index is 6.01. The van der Waals surface area contributed by atoms with Crippen molar-refractivity contribution >= 4 is 11.6 Å². The summed E-state index contributed by atoms with van der Waals surface area (Å²) in [5.74, 6) is 0.630. The Labute approximate surface area is 84.1 Å². The number of hydrogen-bond acceptors (Lipinski definition) is 1. The molecule has 0 amide bonds. The molecular formula is C11H14ClN. The van der Waals surface area contributed by atoms with Crippen LogP contribution in [-0.2, 0) is 6.54 Å². The number of hydrogen-bond donors (Lipinski definition) is 1. The van der Waals surface area contributed by atoms with Crippen molar-refractivity contribution in [3.8, 4) is 0 Å². The lowest BCUT2D eigenvalue weighted by Crippen LogP contribution is -2.18. The van der Waals surface area contributed by atoms with Crippen LogP contribution in [0.4, 0.5) is 0 Å². The van der Waals surface area contributed by atoms with Crippen molar-refractivity contribution < 1.29 is 0 Å². The third kappa shape index (κ3) is 2.04. The highest BCUT2D eigenvalue weighted by atomic mass is 35.5. The topological polar surface area (TPSA) is 12.0 Å². The highest BCUT2D eigenvalue weighted by Crippen LogP contribution is 2.36. The molecule has 70 valence electrons. The molecule has 2 rings (SSSR count). The first kappa shape index (κ1) is 9.04. The van der Waals surface area contributed by atoms with E-state index in [0.717, 1.165) is 6.54 Å². The number of alkyl halides is 1. The summed E-state index contributed by atoms with van der Waals surface area (Å²) in [6.45, 7) is 3.11. The van der Waals surface area contributed by atoms with E-state index < -0.39 is 0 Å². The second-order valence-electron chi connectivity index (χ2n) is 3.70. The lowest BCUT2D eigenvalue weighted by molar-refractivity contribution is 0.653. The van der Waals surface area contributed by atoms with Gasteiger partial charge in [0.05, 0.1) is 5.38 Å². The van der Waals surface area contributed by atoms with Crippen molar-refractivity contribution in [1.29, 1.82) is 0 Å². The molecule has 0 radical (unpaired) electrons. The van der Waals surface area contributed by atoms with Gasteiger partial charge >= 0.3 is 0 Å². The lowest BCUT2D eigenvalue weighted by Gasteiger charge is -2.02. The van der Waals surface area contributed by atoms with Gasteiger partial charge in [-0.3, -0.25) is 0 Å². The zero-order valence-electron chi connectivity index (χ0n) is 7.70. The monoisotopic (exact) mass is 195 g/mol. The minimum Gasteiger partial charge on any atom is -0.308 e. The van der Waals surface area contributed by atoms with E-state index in [2.05, 4.69) is 36.5 Å². The first-order valence-corrected chi connectivity index (χ1v) is 5.14. The standard InChI is InChI=1S/C11H14ClN/c1-8-10(12)11(8)13-7-9-5-3-2-4-6-9/h2-6,8,10-11,13H,7H2,1H3. The van der Waals surface area contributed by atoms with Crippen molar-refractivity contribution in [3.63, 3.8) is 0 Å². The molecule has 1 nitrogen and oxygen atoms in total. The molecule has 1 aliphatic carbocycles. The zero-order valence-corrected chi connectivity index (χ0v) is 8.46. The molecular weight excluding hydrogens is 182 g/mol. The second kappa shape index (κ2) is 3.69. The summed E-state index contributed by atoms with van der Waals surface area (Å²) in [7, 11) is 0. The van der Waals surface area contributed by atoms with Gasteiger partial charge in [0.25, 0.3) is 0 Å². The molecule has 1 N–H and O–H groups in total. The Morgan fingerprint density at radius 2 is 1.92 bits per heavy atom. The highest BCUT2D eigenvalue weighted by molar-refractivity contribution is 6.23. The number of halogens is 1.